The van der Waals surface area contributed by atoms with Crippen LogP contribution in [0, 0.1) is 0 Å². The van der Waals surface area contributed by atoms with Crippen LogP contribution in [-0.4, -0.2) is 26.5 Å². The Hall–Kier alpha value is -1.16. The molecule has 1 unspecified atom stereocenters. The van der Waals surface area contributed by atoms with Gasteiger partial charge in [0, 0.05) is 32.3 Å². The Bertz CT molecular complexity index is 307. The highest BCUT2D eigenvalue weighted by Gasteiger charge is 2.13. The van der Waals surface area contributed by atoms with Crippen LogP contribution in [0.3, 0.4) is 0 Å². The summed E-state index contributed by atoms with van der Waals surface area (Å²) in [6.45, 7) is 1.79. The van der Waals surface area contributed by atoms with Crippen LogP contribution in [0.5, 0.6) is 0 Å². The Labute approximate surface area is 83.6 Å². The summed E-state index contributed by atoms with van der Waals surface area (Å²) in [6.07, 6.45) is 4.18. The van der Waals surface area contributed by atoms with Crippen LogP contribution in [-0.2, 0) is 18.3 Å². The molecule has 0 spiro atoms. The molecule has 0 aliphatic heterocycles. The summed E-state index contributed by atoms with van der Waals surface area (Å²) < 4.78 is 1.88. The monoisotopic (exact) mass is 196 g/mol. The molecular formula is C10H16N2O2. The summed E-state index contributed by atoms with van der Waals surface area (Å²) in [5.74, 6) is 0.775. The zero-order valence-corrected chi connectivity index (χ0v) is 8.60. The van der Waals surface area contributed by atoms with Gasteiger partial charge in [-0.1, -0.05) is 6.92 Å². The largest absolute Gasteiger partial charge is 0.385 e. The molecular weight excluding hydrogens is 180 g/mol. The zero-order chi connectivity index (χ0) is 10.6. The molecule has 1 aromatic heterocycles. The number of hydrogen-bond acceptors (Lipinski definition) is 3. The number of rotatable bonds is 5. The maximum Gasteiger partial charge on any atom is 0.161 e. The minimum Gasteiger partial charge on any atom is -0.385 e. The summed E-state index contributed by atoms with van der Waals surface area (Å²) in [5.41, 5.74) is 0. The van der Waals surface area contributed by atoms with Crippen molar-refractivity contribution in [3.8, 4) is 0 Å². The number of aliphatic hydroxyl groups excluding tert-OH is 1. The van der Waals surface area contributed by atoms with Gasteiger partial charge in [-0.05, 0) is 6.42 Å². The third-order valence-electron chi connectivity index (χ3n) is 2.27. The van der Waals surface area contributed by atoms with E-state index in [0.717, 1.165) is 5.82 Å². The van der Waals surface area contributed by atoms with Gasteiger partial charge in [0.05, 0.1) is 0 Å². The first-order valence-electron chi connectivity index (χ1n) is 4.82. The van der Waals surface area contributed by atoms with Gasteiger partial charge in [-0.2, -0.15) is 0 Å². The van der Waals surface area contributed by atoms with Gasteiger partial charge in [0.2, 0.25) is 0 Å². The Balaban J connectivity index is 2.41. The Morgan fingerprint density at radius 1 is 1.71 bits per heavy atom. The molecule has 0 saturated heterocycles. The number of Topliss-reactive ketones (excluding diaryl/α,β-unsaturated/α-hetero) is 1. The van der Waals surface area contributed by atoms with E-state index in [1.165, 1.54) is 0 Å². The molecule has 0 aromatic carbocycles. The average molecular weight is 196 g/mol. The summed E-state index contributed by atoms with van der Waals surface area (Å²) in [6, 6.07) is 0. The lowest BCUT2D eigenvalue weighted by Crippen LogP contribution is -2.19. The van der Waals surface area contributed by atoms with Crippen LogP contribution in [0.1, 0.15) is 25.6 Å². The van der Waals surface area contributed by atoms with E-state index in [-0.39, 0.29) is 5.78 Å². The van der Waals surface area contributed by atoms with Crippen LogP contribution in [0.15, 0.2) is 12.4 Å². The second-order valence-electron chi connectivity index (χ2n) is 3.34. The molecule has 4 nitrogen and oxygen atoms in total. The lowest BCUT2D eigenvalue weighted by atomic mass is 10.1. The molecule has 1 atom stereocenters. The highest BCUT2D eigenvalue weighted by molar-refractivity contribution is 5.82. The van der Waals surface area contributed by atoms with Crippen molar-refractivity contribution in [3.05, 3.63) is 18.2 Å². The van der Waals surface area contributed by atoms with Crippen molar-refractivity contribution in [3.63, 3.8) is 0 Å². The maximum atomic E-state index is 11.3. The first-order chi connectivity index (χ1) is 6.65. The van der Waals surface area contributed by atoms with Crippen LogP contribution >= 0.6 is 0 Å². The van der Waals surface area contributed by atoms with Crippen LogP contribution in [0.4, 0.5) is 0 Å². The number of nitrogens with zero attached hydrogens (tertiary/aromatic N) is 2. The third kappa shape index (κ3) is 2.67. The van der Waals surface area contributed by atoms with E-state index >= 15 is 0 Å². The first-order valence-corrected chi connectivity index (χ1v) is 4.82. The lowest BCUT2D eigenvalue weighted by Gasteiger charge is -2.06. The van der Waals surface area contributed by atoms with Crippen molar-refractivity contribution < 1.29 is 9.90 Å². The smallest absolute Gasteiger partial charge is 0.161 e. The fourth-order valence-corrected chi connectivity index (χ4v) is 1.27. The van der Waals surface area contributed by atoms with Crippen molar-refractivity contribution in [1.29, 1.82) is 0 Å². The van der Waals surface area contributed by atoms with Gasteiger partial charge >= 0.3 is 0 Å². The van der Waals surface area contributed by atoms with E-state index in [1.807, 2.05) is 17.8 Å². The van der Waals surface area contributed by atoms with Gasteiger partial charge in [0.1, 0.15) is 11.9 Å². The minimum atomic E-state index is -0.810. The van der Waals surface area contributed by atoms with E-state index in [4.69, 9.17) is 0 Å². The fourth-order valence-electron chi connectivity index (χ4n) is 1.27. The summed E-state index contributed by atoms with van der Waals surface area (Å²) >= 11 is 0. The van der Waals surface area contributed by atoms with Crippen LogP contribution in [0.2, 0.25) is 0 Å². The zero-order valence-electron chi connectivity index (χ0n) is 8.60. The molecule has 0 aliphatic carbocycles. The molecule has 1 rings (SSSR count). The summed E-state index contributed by atoms with van der Waals surface area (Å²) in [7, 11) is 1.89. The number of aryl methyl sites for hydroxylation is 2. The molecule has 0 fully saturated rings. The average Bonchev–Trinajstić information content (AvgIpc) is 2.59. The lowest BCUT2D eigenvalue weighted by molar-refractivity contribution is -0.127. The predicted molar refractivity (Wildman–Crippen MR) is 52.8 cm³/mol. The van der Waals surface area contributed by atoms with Crippen molar-refractivity contribution in [2.24, 2.45) is 7.05 Å². The standard InChI is InChI=1S/C10H16N2O2/c1-3-8(13)9(14)4-5-10-11-6-7-12(10)2/h6-8,13H,3-5H2,1-2H3. The van der Waals surface area contributed by atoms with Crippen molar-refractivity contribution >= 4 is 5.78 Å². The van der Waals surface area contributed by atoms with E-state index in [2.05, 4.69) is 4.98 Å². The number of hydrogen-bond donors (Lipinski definition) is 1. The predicted octanol–water partition coefficient (Wildman–Crippen LogP) is 0.693. The normalized spacial score (nSPS) is 12.8. The first kappa shape index (κ1) is 10.9. The Kier molecular flexibility index (Phi) is 3.83. The Morgan fingerprint density at radius 3 is 2.93 bits per heavy atom. The fraction of sp³-hybridized carbons (Fsp3) is 0.600. The second-order valence-corrected chi connectivity index (χ2v) is 3.34. The van der Waals surface area contributed by atoms with Gasteiger partial charge in [0.15, 0.2) is 5.78 Å². The highest BCUT2D eigenvalue weighted by Crippen LogP contribution is 2.03. The molecule has 0 saturated carbocycles. The number of ketones is 1. The number of aromatic nitrogens is 2. The molecule has 14 heavy (non-hydrogen) atoms. The minimum absolute atomic E-state index is 0.101. The molecule has 0 radical (unpaired) electrons. The molecule has 4 heteroatoms. The third-order valence-corrected chi connectivity index (χ3v) is 2.27. The Morgan fingerprint density at radius 2 is 2.43 bits per heavy atom. The van der Waals surface area contributed by atoms with E-state index in [0.29, 0.717) is 19.3 Å². The molecule has 0 amide bonds. The molecule has 1 N–H and O–H groups in total. The number of aliphatic hydroxyl groups is 1. The quantitative estimate of drug-likeness (QED) is 0.754. The SMILES string of the molecule is CCC(O)C(=O)CCc1nccn1C. The van der Waals surface area contributed by atoms with Crippen molar-refractivity contribution in [1.82, 2.24) is 9.55 Å². The number of carbonyl (C=O) groups excluding carboxylic acids is 1. The highest BCUT2D eigenvalue weighted by atomic mass is 16.3. The number of carbonyl (C=O) groups is 1. The molecule has 0 aliphatic rings. The second kappa shape index (κ2) is 4.91. The summed E-state index contributed by atoms with van der Waals surface area (Å²) in [5, 5.41) is 9.25. The molecule has 1 aromatic rings. The van der Waals surface area contributed by atoms with Crippen LogP contribution in [0.25, 0.3) is 0 Å². The van der Waals surface area contributed by atoms with Gasteiger partial charge in [-0.15, -0.1) is 0 Å². The van der Waals surface area contributed by atoms with Crippen LogP contribution < -0.4 is 0 Å². The van der Waals surface area contributed by atoms with E-state index < -0.39 is 6.10 Å². The summed E-state index contributed by atoms with van der Waals surface area (Å²) in [4.78, 5) is 15.4. The van der Waals surface area contributed by atoms with Gasteiger partial charge < -0.3 is 9.67 Å². The van der Waals surface area contributed by atoms with Gasteiger partial charge in [-0.25, -0.2) is 4.98 Å². The maximum absolute atomic E-state index is 11.3. The number of imidazole rings is 1. The topological polar surface area (TPSA) is 55.1 Å². The van der Waals surface area contributed by atoms with E-state index in [1.54, 1.807) is 13.1 Å². The van der Waals surface area contributed by atoms with Gasteiger partial charge in [-0.3, -0.25) is 4.79 Å². The van der Waals surface area contributed by atoms with Gasteiger partial charge in [0.25, 0.3) is 0 Å². The van der Waals surface area contributed by atoms with Crippen molar-refractivity contribution in [2.75, 3.05) is 0 Å². The molecule has 1 heterocycles. The van der Waals surface area contributed by atoms with Crippen molar-refractivity contribution in [2.45, 2.75) is 32.3 Å². The molecule has 78 valence electrons. The molecule has 0 bridgehead atoms. The van der Waals surface area contributed by atoms with E-state index in [9.17, 15) is 9.90 Å².